The smallest absolute Gasteiger partial charge is 0.0619 e. The summed E-state index contributed by atoms with van der Waals surface area (Å²) in [4.78, 5) is 0. The van der Waals surface area contributed by atoms with Crippen molar-refractivity contribution >= 4 is 11.3 Å². The van der Waals surface area contributed by atoms with Crippen molar-refractivity contribution in [2.24, 2.45) is 5.41 Å². The molecule has 0 amide bonds. The Morgan fingerprint density at radius 1 is 1.53 bits per heavy atom. The van der Waals surface area contributed by atoms with Crippen LogP contribution in [0.15, 0.2) is 16.8 Å². The van der Waals surface area contributed by atoms with Crippen LogP contribution in [0, 0.1) is 5.41 Å². The third kappa shape index (κ3) is 2.56. The summed E-state index contributed by atoms with van der Waals surface area (Å²) in [6.45, 7) is 4.29. The molecule has 2 nitrogen and oxygen atoms in total. The van der Waals surface area contributed by atoms with Crippen LogP contribution in [0.5, 0.6) is 0 Å². The summed E-state index contributed by atoms with van der Waals surface area (Å²) in [6.07, 6.45) is 5.47. The number of hydrogen-bond donors (Lipinski definition) is 1. The van der Waals surface area contributed by atoms with Crippen LogP contribution in [0.25, 0.3) is 0 Å². The molecular weight excluding hydrogens is 230 g/mol. The van der Waals surface area contributed by atoms with Gasteiger partial charge in [0, 0.05) is 24.6 Å². The minimum Gasteiger partial charge on any atom is -0.378 e. The van der Waals surface area contributed by atoms with Crippen LogP contribution in [0.3, 0.4) is 0 Å². The van der Waals surface area contributed by atoms with Crippen LogP contribution in [-0.2, 0) is 11.2 Å². The third-order valence-electron chi connectivity index (χ3n) is 4.29. The van der Waals surface area contributed by atoms with Crippen molar-refractivity contribution in [2.45, 2.75) is 44.8 Å². The van der Waals surface area contributed by atoms with Gasteiger partial charge in [0.2, 0.25) is 0 Å². The number of ether oxygens (including phenoxy) is 1. The predicted octanol–water partition coefficient (Wildman–Crippen LogP) is 2.84. The maximum Gasteiger partial charge on any atom is 0.0619 e. The normalized spacial score (nSPS) is 33.1. The van der Waals surface area contributed by atoms with E-state index in [4.69, 9.17) is 4.74 Å². The number of thiophene rings is 1. The summed E-state index contributed by atoms with van der Waals surface area (Å²) < 4.78 is 5.83. The van der Waals surface area contributed by atoms with Gasteiger partial charge < -0.3 is 10.1 Å². The Morgan fingerprint density at radius 2 is 2.41 bits per heavy atom. The molecule has 94 valence electrons. The van der Waals surface area contributed by atoms with Gasteiger partial charge in [0.25, 0.3) is 0 Å². The van der Waals surface area contributed by atoms with Crippen LogP contribution < -0.4 is 5.32 Å². The van der Waals surface area contributed by atoms with E-state index >= 15 is 0 Å². The number of rotatable bonds is 5. The Labute approximate surface area is 107 Å². The zero-order valence-electron chi connectivity index (χ0n) is 10.4. The zero-order valence-corrected chi connectivity index (χ0v) is 11.3. The van der Waals surface area contributed by atoms with E-state index in [-0.39, 0.29) is 0 Å². The maximum atomic E-state index is 5.83. The minimum absolute atomic E-state index is 0.323. The fraction of sp³-hybridized carbons (Fsp3) is 0.714. The van der Waals surface area contributed by atoms with E-state index in [1.807, 2.05) is 0 Å². The first kappa shape index (κ1) is 11.7. The van der Waals surface area contributed by atoms with E-state index in [0.29, 0.717) is 11.5 Å². The van der Waals surface area contributed by atoms with E-state index in [1.54, 1.807) is 11.3 Å². The fourth-order valence-electron chi connectivity index (χ4n) is 2.78. The lowest BCUT2D eigenvalue weighted by Crippen LogP contribution is -2.42. The number of hydrogen-bond acceptors (Lipinski definition) is 3. The molecule has 2 heterocycles. The van der Waals surface area contributed by atoms with Crippen molar-refractivity contribution in [1.29, 1.82) is 0 Å². The van der Waals surface area contributed by atoms with Crippen molar-refractivity contribution in [2.75, 3.05) is 13.2 Å². The molecule has 0 aromatic carbocycles. The highest BCUT2D eigenvalue weighted by molar-refractivity contribution is 7.07. The van der Waals surface area contributed by atoms with Gasteiger partial charge in [-0.2, -0.15) is 11.3 Å². The van der Waals surface area contributed by atoms with Crippen molar-refractivity contribution in [3.63, 3.8) is 0 Å². The average molecular weight is 251 g/mol. The highest BCUT2D eigenvalue weighted by atomic mass is 32.1. The second kappa shape index (κ2) is 4.71. The van der Waals surface area contributed by atoms with Gasteiger partial charge >= 0.3 is 0 Å². The lowest BCUT2D eigenvalue weighted by atomic mass is 9.76. The molecule has 17 heavy (non-hydrogen) atoms. The third-order valence-corrected chi connectivity index (χ3v) is 5.02. The summed E-state index contributed by atoms with van der Waals surface area (Å²) in [6, 6.07) is 3.05. The predicted molar refractivity (Wildman–Crippen MR) is 71.5 cm³/mol. The first-order valence-corrected chi connectivity index (χ1v) is 7.59. The van der Waals surface area contributed by atoms with Crippen molar-refractivity contribution < 1.29 is 4.74 Å². The molecule has 1 saturated carbocycles. The summed E-state index contributed by atoms with van der Waals surface area (Å²) in [7, 11) is 0. The highest BCUT2D eigenvalue weighted by Crippen LogP contribution is 2.38. The first-order valence-electron chi connectivity index (χ1n) is 6.65. The fourth-order valence-corrected chi connectivity index (χ4v) is 3.45. The Kier molecular flexibility index (Phi) is 3.24. The van der Waals surface area contributed by atoms with Gasteiger partial charge in [0.15, 0.2) is 0 Å². The van der Waals surface area contributed by atoms with Gasteiger partial charge in [-0.3, -0.25) is 0 Å². The van der Waals surface area contributed by atoms with Crippen LogP contribution >= 0.6 is 11.3 Å². The van der Waals surface area contributed by atoms with Crippen LogP contribution in [0.4, 0.5) is 0 Å². The average Bonchev–Trinajstić information content (AvgIpc) is 2.90. The molecule has 1 N–H and O–H groups in total. The lowest BCUT2D eigenvalue weighted by molar-refractivity contribution is 0.0629. The molecule has 1 aromatic heterocycles. The second-order valence-electron chi connectivity index (χ2n) is 5.59. The molecule has 2 aliphatic rings. The van der Waals surface area contributed by atoms with Crippen LogP contribution in [0.2, 0.25) is 0 Å². The summed E-state index contributed by atoms with van der Waals surface area (Å²) in [5, 5.41) is 8.17. The molecule has 1 aromatic rings. The summed E-state index contributed by atoms with van der Waals surface area (Å²) in [5.41, 5.74) is 1.80. The molecule has 3 rings (SSSR count). The molecular formula is C14H21NOS. The SMILES string of the molecule is CC1OCCC1(CNC1CC1)Cc1ccsc1. The van der Waals surface area contributed by atoms with Gasteiger partial charge in [-0.05, 0) is 55.0 Å². The Hall–Kier alpha value is -0.380. The molecule has 3 heteroatoms. The quantitative estimate of drug-likeness (QED) is 0.869. The largest absolute Gasteiger partial charge is 0.378 e. The zero-order chi connectivity index (χ0) is 11.7. The van der Waals surface area contributed by atoms with Crippen molar-refractivity contribution in [3.05, 3.63) is 22.4 Å². The molecule has 2 fully saturated rings. The molecule has 1 aliphatic carbocycles. The lowest BCUT2D eigenvalue weighted by Gasteiger charge is -2.32. The molecule has 2 atom stereocenters. The number of nitrogens with one attached hydrogen (secondary N) is 1. The van der Waals surface area contributed by atoms with E-state index < -0.39 is 0 Å². The van der Waals surface area contributed by atoms with Gasteiger partial charge in [-0.1, -0.05) is 0 Å². The molecule has 1 aliphatic heterocycles. The topological polar surface area (TPSA) is 21.3 Å². The van der Waals surface area contributed by atoms with E-state index in [9.17, 15) is 0 Å². The first-order chi connectivity index (χ1) is 8.28. The van der Waals surface area contributed by atoms with E-state index in [2.05, 4.69) is 29.1 Å². The van der Waals surface area contributed by atoms with Crippen molar-refractivity contribution in [3.8, 4) is 0 Å². The monoisotopic (exact) mass is 251 g/mol. The van der Waals surface area contributed by atoms with Crippen LogP contribution in [0.1, 0.15) is 31.7 Å². The van der Waals surface area contributed by atoms with Crippen molar-refractivity contribution in [1.82, 2.24) is 5.32 Å². The Morgan fingerprint density at radius 3 is 3.00 bits per heavy atom. The second-order valence-corrected chi connectivity index (χ2v) is 6.37. The molecule has 1 saturated heterocycles. The minimum atomic E-state index is 0.323. The van der Waals surface area contributed by atoms with Gasteiger partial charge in [0.05, 0.1) is 6.10 Å². The van der Waals surface area contributed by atoms with Gasteiger partial charge in [-0.15, -0.1) is 0 Å². The van der Waals surface area contributed by atoms with E-state index in [0.717, 1.165) is 25.6 Å². The molecule has 2 unspecified atom stereocenters. The van der Waals surface area contributed by atoms with E-state index in [1.165, 1.54) is 24.8 Å². The standard InChI is InChI=1S/C14H21NOS/c1-11-14(5-6-16-11,10-15-13-2-3-13)8-12-4-7-17-9-12/h4,7,9,11,13,15H,2-3,5-6,8,10H2,1H3. The highest BCUT2D eigenvalue weighted by Gasteiger charge is 2.42. The Balaban J connectivity index is 1.70. The van der Waals surface area contributed by atoms with Gasteiger partial charge in [0.1, 0.15) is 0 Å². The van der Waals surface area contributed by atoms with Gasteiger partial charge in [-0.25, -0.2) is 0 Å². The maximum absolute atomic E-state index is 5.83. The molecule has 0 bridgehead atoms. The summed E-state index contributed by atoms with van der Waals surface area (Å²) >= 11 is 1.80. The Bertz CT molecular complexity index is 360. The molecule has 0 radical (unpaired) electrons. The summed E-state index contributed by atoms with van der Waals surface area (Å²) in [5.74, 6) is 0. The molecule has 0 spiro atoms. The van der Waals surface area contributed by atoms with Crippen LogP contribution in [-0.4, -0.2) is 25.3 Å².